The molecule has 10 heteroatoms. The molecular formula is C27H23N5O4S. The number of hydrogen-bond donors (Lipinski definition) is 1. The van der Waals surface area contributed by atoms with Crippen LogP contribution in [0.5, 0.6) is 0 Å². The molecule has 186 valence electrons. The molecule has 37 heavy (non-hydrogen) atoms. The fourth-order valence-electron chi connectivity index (χ4n) is 4.53. The van der Waals surface area contributed by atoms with Crippen LogP contribution in [0, 0.1) is 0 Å². The van der Waals surface area contributed by atoms with Crippen molar-refractivity contribution in [3.63, 3.8) is 0 Å². The van der Waals surface area contributed by atoms with Crippen molar-refractivity contribution in [2.45, 2.75) is 18.0 Å². The number of ether oxygens (including phenoxy) is 1. The molecule has 1 N–H and O–H groups in total. The molecule has 0 saturated carbocycles. The molecule has 0 aliphatic carbocycles. The van der Waals surface area contributed by atoms with Crippen LogP contribution in [0.15, 0.2) is 72.0 Å². The molecule has 0 bridgehead atoms. The maximum absolute atomic E-state index is 12.8. The van der Waals surface area contributed by atoms with E-state index >= 15 is 0 Å². The highest BCUT2D eigenvalue weighted by Gasteiger charge is 2.23. The summed E-state index contributed by atoms with van der Waals surface area (Å²) in [6.45, 7) is 0.521. The van der Waals surface area contributed by atoms with Crippen LogP contribution in [0.4, 0.5) is 0 Å². The van der Waals surface area contributed by atoms with Gasteiger partial charge in [-0.1, -0.05) is 6.07 Å². The Balaban J connectivity index is 1.25. The van der Waals surface area contributed by atoms with Gasteiger partial charge in [-0.25, -0.2) is 18.4 Å². The first-order valence-electron chi connectivity index (χ1n) is 11.8. The number of hydrogen-bond acceptors (Lipinski definition) is 7. The van der Waals surface area contributed by atoms with E-state index in [1.165, 1.54) is 6.07 Å². The Labute approximate surface area is 213 Å². The molecule has 1 aliphatic rings. The normalized spacial score (nSPS) is 14.8. The highest BCUT2D eigenvalue weighted by Crippen LogP contribution is 2.28. The number of amides is 1. The van der Waals surface area contributed by atoms with Gasteiger partial charge in [-0.2, -0.15) is 0 Å². The van der Waals surface area contributed by atoms with Crippen LogP contribution in [0.2, 0.25) is 0 Å². The molecule has 5 heterocycles. The maximum Gasteiger partial charge on any atom is 0.251 e. The first kappa shape index (κ1) is 23.3. The van der Waals surface area contributed by atoms with Gasteiger partial charge in [-0.3, -0.25) is 9.78 Å². The number of sulfone groups is 1. The minimum atomic E-state index is -3.50. The lowest BCUT2D eigenvalue weighted by Gasteiger charge is -2.10. The van der Waals surface area contributed by atoms with Gasteiger partial charge in [0.25, 0.3) is 5.91 Å². The number of nitrogens with zero attached hydrogens (tertiary/aromatic N) is 4. The van der Waals surface area contributed by atoms with Crippen LogP contribution in [-0.4, -0.2) is 46.2 Å². The number of rotatable bonds is 4. The molecule has 4 aromatic heterocycles. The molecule has 0 spiro atoms. The predicted molar refractivity (Wildman–Crippen MR) is 139 cm³/mol. The van der Waals surface area contributed by atoms with Crippen molar-refractivity contribution in [1.82, 2.24) is 24.8 Å². The number of carbonyl (C=O) groups excluding carboxylic acids is 1. The Bertz CT molecular complexity index is 1800. The summed E-state index contributed by atoms with van der Waals surface area (Å²) in [5.41, 5.74) is 4.93. The summed E-state index contributed by atoms with van der Waals surface area (Å²) in [6.07, 6.45) is 5.48. The number of aryl methyl sites for hydroxylation is 1. The second-order valence-corrected chi connectivity index (χ2v) is 11.0. The number of aromatic nitrogens is 4. The summed E-state index contributed by atoms with van der Waals surface area (Å²) in [7, 11) is -1.54. The molecular weight excluding hydrogens is 490 g/mol. The summed E-state index contributed by atoms with van der Waals surface area (Å²) < 4.78 is 32.4. The second kappa shape index (κ2) is 9.06. The Morgan fingerprint density at radius 3 is 2.89 bits per heavy atom. The van der Waals surface area contributed by atoms with Crippen molar-refractivity contribution in [3.8, 4) is 11.3 Å². The number of carbonyl (C=O) groups is 1. The SMILES string of the molecule is Cn1ccc2c(-c3ccc4cnc(CNC(=O)c5ccc6c(c5)S(=O)(=O)CCOC6)cc4n3)ccnc21. The lowest BCUT2D eigenvalue weighted by Crippen LogP contribution is -2.23. The van der Waals surface area contributed by atoms with Gasteiger partial charge in [0, 0.05) is 47.5 Å². The van der Waals surface area contributed by atoms with Crippen molar-refractivity contribution >= 4 is 37.7 Å². The van der Waals surface area contributed by atoms with E-state index in [0.717, 1.165) is 33.2 Å². The highest BCUT2D eigenvalue weighted by molar-refractivity contribution is 7.91. The van der Waals surface area contributed by atoms with Crippen LogP contribution in [0.3, 0.4) is 0 Å². The third-order valence-corrected chi connectivity index (χ3v) is 8.28. The largest absolute Gasteiger partial charge is 0.376 e. The molecule has 0 atom stereocenters. The van der Waals surface area contributed by atoms with Gasteiger partial charge < -0.3 is 14.6 Å². The molecule has 0 radical (unpaired) electrons. The lowest BCUT2D eigenvalue weighted by atomic mass is 10.1. The van der Waals surface area contributed by atoms with Gasteiger partial charge in [-0.05, 0) is 48.0 Å². The highest BCUT2D eigenvalue weighted by atomic mass is 32.2. The number of pyridine rings is 3. The monoisotopic (exact) mass is 513 g/mol. The minimum Gasteiger partial charge on any atom is -0.376 e. The number of fused-ring (bicyclic) bond motifs is 3. The van der Waals surface area contributed by atoms with Crippen LogP contribution in [0.1, 0.15) is 21.6 Å². The number of benzene rings is 1. The van der Waals surface area contributed by atoms with E-state index in [2.05, 4.69) is 15.3 Å². The van der Waals surface area contributed by atoms with E-state index in [0.29, 0.717) is 11.3 Å². The fraction of sp³-hybridized carbons (Fsp3) is 0.185. The molecule has 6 rings (SSSR count). The van der Waals surface area contributed by atoms with Gasteiger partial charge in [0.1, 0.15) is 5.65 Å². The van der Waals surface area contributed by atoms with E-state index in [9.17, 15) is 13.2 Å². The van der Waals surface area contributed by atoms with E-state index in [4.69, 9.17) is 9.72 Å². The van der Waals surface area contributed by atoms with Crippen LogP contribution in [-0.2, 0) is 34.8 Å². The van der Waals surface area contributed by atoms with E-state index in [1.54, 1.807) is 24.5 Å². The zero-order valence-electron chi connectivity index (χ0n) is 20.0. The lowest BCUT2D eigenvalue weighted by molar-refractivity contribution is 0.0950. The minimum absolute atomic E-state index is 0.101. The molecule has 0 fully saturated rings. The second-order valence-electron chi connectivity index (χ2n) is 8.96. The Hall–Kier alpha value is -4.15. The van der Waals surface area contributed by atoms with Crippen molar-refractivity contribution in [3.05, 3.63) is 83.9 Å². The standard InChI is InChI=1S/C27H23N5O4S/c1-32-9-7-22-21(6-8-28-26(22)32)23-5-4-18-14-29-20(13-24(18)31-23)15-30-27(33)17-2-3-19-16-36-10-11-37(34,35)25(19)12-17/h2-9,12-14H,10-11,15-16H2,1H3,(H,30,33). The zero-order valence-corrected chi connectivity index (χ0v) is 20.8. The topological polar surface area (TPSA) is 116 Å². The molecule has 5 aromatic rings. The van der Waals surface area contributed by atoms with Crippen LogP contribution >= 0.6 is 0 Å². The Morgan fingerprint density at radius 2 is 2.00 bits per heavy atom. The Morgan fingerprint density at radius 1 is 1.11 bits per heavy atom. The van der Waals surface area contributed by atoms with E-state index in [1.807, 2.05) is 48.1 Å². The summed E-state index contributed by atoms with van der Waals surface area (Å²) in [6, 6.07) is 14.4. The molecule has 1 aromatic carbocycles. The van der Waals surface area contributed by atoms with Crippen LogP contribution in [0.25, 0.3) is 33.2 Å². The first-order chi connectivity index (χ1) is 17.9. The van der Waals surface area contributed by atoms with Gasteiger partial charge >= 0.3 is 0 Å². The quantitative estimate of drug-likeness (QED) is 0.391. The van der Waals surface area contributed by atoms with Gasteiger partial charge in [0.15, 0.2) is 9.84 Å². The van der Waals surface area contributed by atoms with Crippen molar-refractivity contribution in [2.75, 3.05) is 12.4 Å². The third-order valence-electron chi connectivity index (χ3n) is 6.52. The van der Waals surface area contributed by atoms with Gasteiger partial charge in [-0.15, -0.1) is 0 Å². The van der Waals surface area contributed by atoms with Crippen molar-refractivity contribution in [2.24, 2.45) is 7.05 Å². The van der Waals surface area contributed by atoms with E-state index < -0.39 is 9.84 Å². The van der Waals surface area contributed by atoms with Crippen LogP contribution < -0.4 is 5.32 Å². The maximum atomic E-state index is 12.8. The fourth-order valence-corrected chi connectivity index (χ4v) is 5.92. The summed E-state index contributed by atoms with van der Waals surface area (Å²) in [4.78, 5) is 26.8. The molecule has 1 aliphatic heterocycles. The predicted octanol–water partition coefficient (Wildman–Crippen LogP) is 3.42. The Kier molecular flexibility index (Phi) is 5.69. The third kappa shape index (κ3) is 4.34. The molecule has 1 amide bonds. The summed E-state index contributed by atoms with van der Waals surface area (Å²) >= 11 is 0. The van der Waals surface area contributed by atoms with Gasteiger partial charge in [0.2, 0.25) is 0 Å². The van der Waals surface area contributed by atoms with Gasteiger partial charge in [0.05, 0.1) is 47.3 Å². The van der Waals surface area contributed by atoms with E-state index in [-0.39, 0.29) is 41.9 Å². The van der Waals surface area contributed by atoms with Crippen molar-refractivity contribution in [1.29, 1.82) is 0 Å². The number of nitrogens with one attached hydrogen (secondary N) is 1. The summed E-state index contributed by atoms with van der Waals surface area (Å²) in [5, 5.41) is 4.74. The average Bonchev–Trinajstić information content (AvgIpc) is 3.22. The molecule has 0 unspecified atom stereocenters. The first-order valence-corrected chi connectivity index (χ1v) is 13.4. The van der Waals surface area contributed by atoms with Crippen molar-refractivity contribution < 1.29 is 17.9 Å². The molecule has 9 nitrogen and oxygen atoms in total. The molecule has 0 saturated heterocycles. The summed E-state index contributed by atoms with van der Waals surface area (Å²) in [5.74, 6) is -0.480. The average molecular weight is 514 g/mol. The smallest absolute Gasteiger partial charge is 0.251 e. The zero-order chi connectivity index (χ0) is 25.6.